The second kappa shape index (κ2) is 2.56. The van der Waals surface area contributed by atoms with Crippen molar-refractivity contribution >= 4 is 0 Å². The highest BCUT2D eigenvalue weighted by Gasteiger charge is 2.32. The number of halogens is 3. The molecule has 1 rings (SSSR count). The van der Waals surface area contributed by atoms with E-state index in [-0.39, 0.29) is 0 Å². The van der Waals surface area contributed by atoms with Gasteiger partial charge in [0.25, 0.3) is 0 Å². The summed E-state index contributed by atoms with van der Waals surface area (Å²) in [5.41, 5.74) is -0.820. The van der Waals surface area contributed by atoms with Crippen molar-refractivity contribution in [2.24, 2.45) is 0 Å². The van der Waals surface area contributed by atoms with Crippen molar-refractivity contribution in [1.82, 2.24) is 9.78 Å². The number of nitrogens with zero attached hydrogens (tertiary/aromatic N) is 2. The molecule has 0 N–H and O–H groups in total. The first-order chi connectivity index (χ1) is 5.04. The summed E-state index contributed by atoms with van der Waals surface area (Å²) in [6, 6.07) is 0. The second-order valence-electron chi connectivity index (χ2n) is 2.01. The van der Waals surface area contributed by atoms with Crippen LogP contribution >= 0.6 is 0 Å². The van der Waals surface area contributed by atoms with Gasteiger partial charge in [-0.2, -0.15) is 18.3 Å². The average molecular weight is 163 g/mol. The van der Waals surface area contributed by atoms with E-state index in [0.717, 1.165) is 6.20 Å². The molecule has 0 atom stereocenters. The van der Waals surface area contributed by atoms with Crippen LogP contribution < -0.4 is 0 Å². The highest BCUT2D eigenvalue weighted by Crippen LogP contribution is 2.27. The Labute approximate surface area is 61.6 Å². The lowest BCUT2D eigenvalue weighted by atomic mass is 10.4. The maximum atomic E-state index is 11.9. The zero-order valence-corrected chi connectivity index (χ0v) is 5.81. The van der Waals surface area contributed by atoms with Crippen LogP contribution in [0.2, 0.25) is 0 Å². The van der Waals surface area contributed by atoms with E-state index >= 15 is 0 Å². The summed E-state index contributed by atoms with van der Waals surface area (Å²) in [5, 5.41) is 3.37. The predicted octanol–water partition coefficient (Wildman–Crippen LogP) is 1.72. The Balaban J connectivity index is 2.89. The fraction of sp³-hybridized carbons (Fsp3) is 0.500. The molecular formula is C6H6F3N2. The van der Waals surface area contributed by atoms with Crippen LogP contribution in [0.3, 0.4) is 0 Å². The first kappa shape index (κ1) is 8.10. The van der Waals surface area contributed by atoms with E-state index in [1.807, 2.05) is 6.20 Å². The number of hydrogen-bond acceptors (Lipinski definition) is 1. The lowest BCUT2D eigenvalue weighted by Gasteiger charge is -1.99. The fourth-order valence-corrected chi connectivity index (χ4v) is 0.623. The van der Waals surface area contributed by atoms with Crippen molar-refractivity contribution in [3.63, 3.8) is 0 Å². The van der Waals surface area contributed by atoms with Crippen molar-refractivity contribution < 1.29 is 13.2 Å². The smallest absolute Gasteiger partial charge is 0.272 e. The molecule has 0 aliphatic rings. The summed E-state index contributed by atoms with van der Waals surface area (Å²) in [5.74, 6) is 0. The van der Waals surface area contributed by atoms with E-state index in [0.29, 0.717) is 6.54 Å². The molecule has 1 aromatic rings. The summed E-state index contributed by atoms with van der Waals surface area (Å²) < 4.78 is 36.7. The highest BCUT2D eigenvalue weighted by molar-refractivity contribution is 5.06. The first-order valence-electron chi connectivity index (χ1n) is 3.06. The quantitative estimate of drug-likeness (QED) is 0.616. The summed E-state index contributed by atoms with van der Waals surface area (Å²) in [4.78, 5) is 0. The third-order valence-corrected chi connectivity index (χ3v) is 1.21. The van der Waals surface area contributed by atoms with Gasteiger partial charge in [0.2, 0.25) is 0 Å². The van der Waals surface area contributed by atoms with Gasteiger partial charge in [-0.3, -0.25) is 4.68 Å². The lowest BCUT2D eigenvalue weighted by molar-refractivity contribution is -0.137. The zero-order valence-electron chi connectivity index (χ0n) is 5.81. The Hall–Kier alpha value is -1.00. The van der Waals surface area contributed by atoms with Gasteiger partial charge in [-0.05, 0) is 6.92 Å². The molecule has 0 fully saturated rings. The van der Waals surface area contributed by atoms with Crippen LogP contribution in [-0.2, 0) is 12.7 Å². The zero-order chi connectivity index (χ0) is 8.48. The molecule has 1 aromatic heterocycles. The Morgan fingerprint density at radius 1 is 1.64 bits per heavy atom. The second-order valence-corrected chi connectivity index (χ2v) is 2.01. The van der Waals surface area contributed by atoms with E-state index in [2.05, 4.69) is 5.10 Å². The van der Waals surface area contributed by atoms with E-state index in [1.54, 1.807) is 6.92 Å². The molecule has 0 aromatic carbocycles. The molecule has 0 saturated carbocycles. The molecule has 0 spiro atoms. The average Bonchev–Trinajstić information content (AvgIpc) is 2.32. The molecule has 5 heteroatoms. The first-order valence-corrected chi connectivity index (χ1v) is 3.06. The van der Waals surface area contributed by atoms with Crippen molar-refractivity contribution in [1.29, 1.82) is 0 Å². The molecule has 0 amide bonds. The molecule has 0 unspecified atom stereocenters. The van der Waals surface area contributed by atoms with Crippen LogP contribution in [0.15, 0.2) is 6.20 Å². The summed E-state index contributed by atoms with van der Waals surface area (Å²) in [6.45, 7) is 2.13. The topological polar surface area (TPSA) is 17.8 Å². The fourth-order valence-electron chi connectivity index (χ4n) is 0.623. The molecular weight excluding hydrogens is 157 g/mol. The third-order valence-electron chi connectivity index (χ3n) is 1.21. The van der Waals surface area contributed by atoms with Crippen molar-refractivity contribution in [3.8, 4) is 0 Å². The number of aryl methyl sites for hydroxylation is 1. The maximum absolute atomic E-state index is 11.9. The minimum absolute atomic E-state index is 0.423. The molecule has 61 valence electrons. The number of alkyl halides is 3. The molecule has 11 heavy (non-hydrogen) atoms. The maximum Gasteiger partial charge on any atom is 0.420 e. The number of rotatable bonds is 1. The van der Waals surface area contributed by atoms with Gasteiger partial charge in [-0.25, -0.2) is 0 Å². The predicted molar refractivity (Wildman–Crippen MR) is 31.7 cm³/mol. The Bertz CT molecular complexity index is 238. The van der Waals surface area contributed by atoms with Crippen molar-refractivity contribution in [2.75, 3.05) is 0 Å². The Morgan fingerprint density at radius 2 is 2.27 bits per heavy atom. The van der Waals surface area contributed by atoms with Gasteiger partial charge in [0.1, 0.15) is 11.8 Å². The van der Waals surface area contributed by atoms with Crippen molar-refractivity contribution in [2.45, 2.75) is 19.6 Å². The van der Waals surface area contributed by atoms with Crippen LogP contribution in [-0.4, -0.2) is 9.78 Å². The van der Waals surface area contributed by atoms with Gasteiger partial charge in [-0.15, -0.1) is 0 Å². The van der Waals surface area contributed by atoms with E-state index in [9.17, 15) is 13.2 Å². The normalized spacial score (nSPS) is 12.0. The number of hydrogen-bond donors (Lipinski definition) is 0. The minimum Gasteiger partial charge on any atom is -0.272 e. The third kappa shape index (κ3) is 1.72. The molecule has 1 radical (unpaired) electrons. The van der Waals surface area contributed by atoms with E-state index in [4.69, 9.17) is 0 Å². The molecule has 0 aliphatic carbocycles. The monoisotopic (exact) mass is 163 g/mol. The molecule has 1 heterocycles. The van der Waals surface area contributed by atoms with Gasteiger partial charge in [0.05, 0.1) is 0 Å². The standard InChI is InChI=1S/C6H6F3N2/c1-2-11-4-5(3-10-11)6(7,8)9/h4H,2H2,1H3. The number of aromatic nitrogens is 2. The largest absolute Gasteiger partial charge is 0.420 e. The SMILES string of the molecule is CCn1cc(C(F)(F)F)[c]n1. The summed E-state index contributed by atoms with van der Waals surface area (Å²) in [7, 11) is 0. The van der Waals surface area contributed by atoms with E-state index in [1.165, 1.54) is 4.68 Å². The van der Waals surface area contributed by atoms with Crippen molar-refractivity contribution in [3.05, 3.63) is 18.0 Å². The molecule has 0 bridgehead atoms. The molecule has 2 nitrogen and oxygen atoms in total. The van der Waals surface area contributed by atoms with Gasteiger partial charge in [0.15, 0.2) is 0 Å². The lowest BCUT2D eigenvalue weighted by Crippen LogP contribution is -2.03. The summed E-state index contributed by atoms with van der Waals surface area (Å²) in [6.07, 6.45) is -1.51. The molecule has 0 aliphatic heterocycles. The highest BCUT2D eigenvalue weighted by atomic mass is 19.4. The van der Waals surface area contributed by atoms with Gasteiger partial charge < -0.3 is 0 Å². The Morgan fingerprint density at radius 3 is 2.55 bits per heavy atom. The molecule has 0 saturated heterocycles. The van der Waals surface area contributed by atoms with Crippen LogP contribution in [0.5, 0.6) is 0 Å². The summed E-state index contributed by atoms with van der Waals surface area (Å²) >= 11 is 0. The van der Waals surface area contributed by atoms with Crippen LogP contribution in [0.25, 0.3) is 0 Å². The van der Waals surface area contributed by atoms with Gasteiger partial charge in [-0.1, -0.05) is 0 Å². The van der Waals surface area contributed by atoms with Crippen LogP contribution in [0.1, 0.15) is 12.5 Å². The van der Waals surface area contributed by atoms with Crippen LogP contribution in [0, 0.1) is 6.20 Å². The van der Waals surface area contributed by atoms with E-state index < -0.39 is 11.7 Å². The van der Waals surface area contributed by atoms with Gasteiger partial charge in [0, 0.05) is 12.7 Å². The van der Waals surface area contributed by atoms with Crippen LogP contribution in [0.4, 0.5) is 13.2 Å². The minimum atomic E-state index is -4.33. The Kier molecular flexibility index (Phi) is 1.89. The van der Waals surface area contributed by atoms with Gasteiger partial charge >= 0.3 is 6.18 Å².